The molecular weight excluding hydrogens is 386 g/mol. The van der Waals surface area contributed by atoms with Crippen molar-refractivity contribution < 1.29 is 19.1 Å². The normalized spacial score (nSPS) is 18.6. The minimum Gasteiger partial charge on any atom is -0.478 e. The molecule has 1 fully saturated rings. The van der Waals surface area contributed by atoms with Gasteiger partial charge in [-0.1, -0.05) is 0 Å². The molecule has 4 heterocycles. The number of aromatic nitrogens is 3. The topological polar surface area (TPSA) is 98.6 Å². The minimum absolute atomic E-state index is 0.0182. The van der Waals surface area contributed by atoms with Crippen LogP contribution in [0.15, 0.2) is 24.5 Å². The van der Waals surface area contributed by atoms with Crippen LogP contribution in [0.2, 0.25) is 0 Å². The zero-order valence-electron chi connectivity index (χ0n) is 17.2. The molecule has 2 aliphatic rings. The third-order valence-electron chi connectivity index (χ3n) is 5.55. The van der Waals surface area contributed by atoms with E-state index in [-0.39, 0.29) is 17.7 Å². The highest BCUT2D eigenvalue weighted by atomic mass is 16.5. The van der Waals surface area contributed by atoms with Crippen LogP contribution in [0.4, 0.5) is 0 Å². The Balaban J connectivity index is 1.35. The van der Waals surface area contributed by atoms with Gasteiger partial charge in [0.2, 0.25) is 5.88 Å². The Labute approximate surface area is 175 Å². The van der Waals surface area contributed by atoms with Gasteiger partial charge in [0.1, 0.15) is 0 Å². The van der Waals surface area contributed by atoms with Crippen LogP contribution in [0.1, 0.15) is 39.8 Å². The highest BCUT2D eigenvalue weighted by Crippen LogP contribution is 2.24. The molecule has 0 radical (unpaired) electrons. The van der Waals surface area contributed by atoms with Gasteiger partial charge in [0.05, 0.1) is 42.8 Å². The van der Waals surface area contributed by atoms with Crippen molar-refractivity contribution in [2.45, 2.75) is 26.3 Å². The number of ether oxygens (including phenoxy) is 2. The van der Waals surface area contributed by atoms with E-state index in [0.29, 0.717) is 62.9 Å². The number of carbonyl (C=O) groups is 2. The number of aryl methyl sites for hydroxylation is 1. The monoisotopic (exact) mass is 413 g/mol. The Morgan fingerprint density at radius 2 is 2.07 bits per heavy atom. The Bertz CT molecular complexity index is 889. The van der Waals surface area contributed by atoms with Crippen molar-refractivity contribution in [1.82, 2.24) is 25.0 Å². The van der Waals surface area contributed by atoms with Crippen LogP contribution >= 0.6 is 0 Å². The van der Waals surface area contributed by atoms with E-state index in [2.05, 4.69) is 15.4 Å². The average molecular weight is 413 g/mol. The van der Waals surface area contributed by atoms with E-state index in [9.17, 15) is 9.59 Å². The van der Waals surface area contributed by atoms with Crippen molar-refractivity contribution in [3.8, 4) is 5.88 Å². The SMILES string of the molecule is CCOc1ccc(C(=O)NC[C@@H]2CCn3ncc(C(=O)N4CCOCC4)c3C2)cn1. The van der Waals surface area contributed by atoms with Crippen LogP contribution in [0, 0.1) is 5.92 Å². The molecule has 9 nitrogen and oxygen atoms in total. The molecule has 2 aliphatic heterocycles. The fourth-order valence-corrected chi connectivity index (χ4v) is 3.88. The molecule has 1 saturated heterocycles. The summed E-state index contributed by atoms with van der Waals surface area (Å²) in [7, 11) is 0. The second-order valence-electron chi connectivity index (χ2n) is 7.52. The Hall–Kier alpha value is -2.94. The van der Waals surface area contributed by atoms with Gasteiger partial charge in [-0.2, -0.15) is 5.10 Å². The molecule has 0 saturated carbocycles. The zero-order valence-corrected chi connectivity index (χ0v) is 17.2. The van der Waals surface area contributed by atoms with Crippen LogP contribution in [-0.4, -0.2) is 70.9 Å². The predicted octanol–water partition coefficient (Wildman–Crippen LogP) is 1.14. The molecule has 1 atom stereocenters. The van der Waals surface area contributed by atoms with E-state index in [1.807, 2.05) is 16.5 Å². The van der Waals surface area contributed by atoms with Gasteiger partial charge < -0.3 is 19.7 Å². The second kappa shape index (κ2) is 9.25. The number of carbonyl (C=O) groups excluding carboxylic acids is 2. The zero-order chi connectivity index (χ0) is 20.9. The molecule has 160 valence electrons. The van der Waals surface area contributed by atoms with Crippen molar-refractivity contribution in [1.29, 1.82) is 0 Å². The summed E-state index contributed by atoms with van der Waals surface area (Å²) in [5.41, 5.74) is 2.13. The number of amides is 2. The van der Waals surface area contributed by atoms with Gasteiger partial charge >= 0.3 is 0 Å². The Morgan fingerprint density at radius 1 is 1.23 bits per heavy atom. The first kappa shape index (κ1) is 20.3. The van der Waals surface area contributed by atoms with Crippen molar-refractivity contribution in [3.63, 3.8) is 0 Å². The number of fused-ring (bicyclic) bond motifs is 1. The summed E-state index contributed by atoms with van der Waals surface area (Å²) in [5.74, 6) is 0.621. The maximum absolute atomic E-state index is 12.9. The quantitative estimate of drug-likeness (QED) is 0.763. The fraction of sp³-hybridized carbons (Fsp3) is 0.524. The molecule has 0 aromatic carbocycles. The predicted molar refractivity (Wildman–Crippen MR) is 108 cm³/mol. The second-order valence-corrected chi connectivity index (χ2v) is 7.52. The molecule has 0 spiro atoms. The van der Waals surface area contributed by atoms with Gasteiger partial charge in [-0.25, -0.2) is 4.98 Å². The summed E-state index contributed by atoms with van der Waals surface area (Å²) in [5, 5.41) is 7.40. The van der Waals surface area contributed by atoms with Gasteiger partial charge in [0.15, 0.2) is 0 Å². The summed E-state index contributed by atoms with van der Waals surface area (Å²) < 4.78 is 12.6. The van der Waals surface area contributed by atoms with Crippen LogP contribution in [0.5, 0.6) is 5.88 Å². The summed E-state index contributed by atoms with van der Waals surface area (Å²) in [6.45, 7) is 6.08. The molecule has 2 aromatic rings. The van der Waals surface area contributed by atoms with E-state index in [1.54, 1.807) is 18.3 Å². The molecule has 0 aliphatic carbocycles. The number of nitrogens with zero attached hydrogens (tertiary/aromatic N) is 4. The maximum Gasteiger partial charge on any atom is 0.257 e. The first-order chi connectivity index (χ1) is 14.7. The van der Waals surface area contributed by atoms with E-state index in [1.165, 1.54) is 6.20 Å². The third-order valence-corrected chi connectivity index (χ3v) is 5.55. The van der Waals surface area contributed by atoms with Crippen molar-refractivity contribution in [2.75, 3.05) is 39.5 Å². The van der Waals surface area contributed by atoms with E-state index in [0.717, 1.165) is 18.7 Å². The van der Waals surface area contributed by atoms with Crippen LogP contribution in [0.25, 0.3) is 0 Å². The first-order valence-corrected chi connectivity index (χ1v) is 10.4. The summed E-state index contributed by atoms with van der Waals surface area (Å²) in [6, 6.07) is 3.41. The Kier molecular flexibility index (Phi) is 6.27. The highest BCUT2D eigenvalue weighted by molar-refractivity contribution is 5.95. The number of hydrogen-bond donors (Lipinski definition) is 1. The highest BCUT2D eigenvalue weighted by Gasteiger charge is 2.28. The molecule has 30 heavy (non-hydrogen) atoms. The number of nitrogens with one attached hydrogen (secondary N) is 1. The van der Waals surface area contributed by atoms with E-state index >= 15 is 0 Å². The third kappa shape index (κ3) is 4.46. The lowest BCUT2D eigenvalue weighted by atomic mass is 9.94. The molecule has 9 heteroatoms. The molecule has 4 rings (SSSR count). The van der Waals surface area contributed by atoms with Gasteiger partial charge in [0, 0.05) is 38.4 Å². The molecule has 2 amide bonds. The standard InChI is InChI=1S/C21H27N5O4/c1-2-30-19-4-3-16(13-22-19)20(27)23-12-15-5-6-26-18(11-15)17(14-24-26)21(28)25-7-9-29-10-8-25/h3-4,13-15H,2,5-12H2,1H3,(H,23,27)/t15-/m1/s1. The van der Waals surface area contributed by atoms with Crippen LogP contribution in [-0.2, 0) is 17.7 Å². The molecule has 0 unspecified atom stereocenters. The summed E-state index contributed by atoms with van der Waals surface area (Å²) in [6.07, 6.45) is 4.82. The first-order valence-electron chi connectivity index (χ1n) is 10.4. The fourth-order valence-electron chi connectivity index (χ4n) is 3.88. The molecule has 2 aromatic heterocycles. The lowest BCUT2D eigenvalue weighted by molar-refractivity contribution is 0.0301. The average Bonchev–Trinajstić information content (AvgIpc) is 3.21. The number of rotatable bonds is 6. The van der Waals surface area contributed by atoms with Crippen molar-refractivity contribution >= 4 is 11.8 Å². The van der Waals surface area contributed by atoms with Gasteiger partial charge in [0.25, 0.3) is 11.8 Å². The number of morpholine rings is 1. The molecular formula is C21H27N5O4. The minimum atomic E-state index is -0.158. The maximum atomic E-state index is 12.9. The summed E-state index contributed by atoms with van der Waals surface area (Å²) >= 11 is 0. The lowest BCUT2D eigenvalue weighted by Crippen LogP contribution is -2.41. The number of pyridine rings is 1. The largest absolute Gasteiger partial charge is 0.478 e. The van der Waals surface area contributed by atoms with Crippen LogP contribution < -0.4 is 10.1 Å². The van der Waals surface area contributed by atoms with Gasteiger partial charge in [-0.05, 0) is 31.7 Å². The van der Waals surface area contributed by atoms with E-state index < -0.39 is 0 Å². The van der Waals surface area contributed by atoms with Gasteiger partial charge in [-0.3, -0.25) is 14.3 Å². The van der Waals surface area contributed by atoms with Crippen molar-refractivity contribution in [2.24, 2.45) is 5.92 Å². The molecule has 1 N–H and O–H groups in total. The smallest absolute Gasteiger partial charge is 0.257 e. The lowest BCUT2D eigenvalue weighted by Gasteiger charge is -2.28. The molecule has 0 bridgehead atoms. The summed E-state index contributed by atoms with van der Waals surface area (Å²) in [4.78, 5) is 31.3. The number of hydrogen-bond acceptors (Lipinski definition) is 6. The van der Waals surface area contributed by atoms with Gasteiger partial charge in [-0.15, -0.1) is 0 Å². The van der Waals surface area contributed by atoms with Crippen molar-refractivity contribution in [3.05, 3.63) is 41.3 Å². The van der Waals surface area contributed by atoms with Crippen LogP contribution in [0.3, 0.4) is 0 Å². The Morgan fingerprint density at radius 3 is 2.80 bits per heavy atom. The van der Waals surface area contributed by atoms with E-state index in [4.69, 9.17) is 9.47 Å².